The molecule has 0 aliphatic heterocycles. The van der Waals surface area contributed by atoms with Gasteiger partial charge in [-0.2, -0.15) is 0 Å². The van der Waals surface area contributed by atoms with E-state index < -0.39 is 0 Å². The first-order chi connectivity index (χ1) is 5.60. The van der Waals surface area contributed by atoms with E-state index in [-0.39, 0.29) is 16.4 Å². The second-order valence-electron chi connectivity index (χ2n) is 4.87. The molecule has 3 heteroatoms. The van der Waals surface area contributed by atoms with Crippen LogP contribution in [0.4, 0.5) is 0 Å². The van der Waals surface area contributed by atoms with Crippen LogP contribution in [-0.4, -0.2) is 11.2 Å². The van der Waals surface area contributed by atoms with Gasteiger partial charge in [0.2, 0.25) is 5.22 Å². The lowest BCUT2D eigenvalue weighted by molar-refractivity contribution is 0.0366. The quantitative estimate of drug-likeness (QED) is 0.642. The fourth-order valence-corrected chi connectivity index (χ4v) is 0.816. The van der Waals surface area contributed by atoms with E-state index in [0.29, 0.717) is 0 Å². The normalized spacial score (nSPS) is 14.2. The summed E-state index contributed by atoms with van der Waals surface area (Å²) in [6, 6.07) is 0. The van der Waals surface area contributed by atoms with Gasteiger partial charge in [-0.1, -0.05) is 0 Å². The predicted molar refractivity (Wildman–Crippen MR) is 55.6 cm³/mol. The van der Waals surface area contributed by atoms with Gasteiger partial charge in [0.1, 0.15) is 17.5 Å². The van der Waals surface area contributed by atoms with Crippen LogP contribution in [0, 0.1) is 0 Å². The molecule has 0 aliphatic rings. The Bertz CT molecular complexity index is 184. The van der Waals surface area contributed by atoms with Gasteiger partial charge >= 0.3 is 0 Å². The fourth-order valence-electron chi connectivity index (χ4n) is 0.540. The first-order valence-corrected chi connectivity index (χ1v) is 4.70. The van der Waals surface area contributed by atoms with E-state index in [0.717, 1.165) is 0 Å². The Kier molecular flexibility index (Phi) is 4.11. The maximum atomic E-state index is 5.79. The number of hydrogen-bond donors (Lipinski definition) is 0. The van der Waals surface area contributed by atoms with E-state index in [4.69, 9.17) is 21.1 Å². The molecule has 0 bridgehead atoms. The maximum Gasteiger partial charge on any atom is 0.223 e. The van der Waals surface area contributed by atoms with Crippen molar-refractivity contribution in [3.63, 3.8) is 0 Å². The van der Waals surface area contributed by atoms with Gasteiger partial charge in [-0.05, 0) is 53.1 Å². The number of rotatable bonds is 2. The molecule has 2 nitrogen and oxygen atoms in total. The van der Waals surface area contributed by atoms with Crippen molar-refractivity contribution in [3.05, 3.63) is 11.5 Å². The molecule has 0 fully saturated rings. The summed E-state index contributed by atoms with van der Waals surface area (Å²) >= 11 is 5.79. The monoisotopic (exact) mass is 206 g/mol. The van der Waals surface area contributed by atoms with Crippen molar-refractivity contribution < 1.29 is 9.47 Å². The molecule has 0 saturated carbocycles. The smallest absolute Gasteiger partial charge is 0.223 e. The summed E-state index contributed by atoms with van der Waals surface area (Å²) < 4.78 is 10.7. The predicted octanol–water partition coefficient (Wildman–Crippen LogP) is 3.65. The van der Waals surface area contributed by atoms with Gasteiger partial charge in [-0.15, -0.1) is 0 Å². The number of hydrogen-bond acceptors (Lipinski definition) is 2. The number of ether oxygens (including phenoxy) is 2. The highest BCUT2D eigenvalue weighted by molar-refractivity contribution is 6.28. The Morgan fingerprint density at radius 3 is 1.77 bits per heavy atom. The Hall–Kier alpha value is -0.370. The minimum atomic E-state index is -0.283. The fraction of sp³-hybridized carbons (Fsp3) is 0.800. The van der Waals surface area contributed by atoms with Gasteiger partial charge in [0.25, 0.3) is 0 Å². The van der Waals surface area contributed by atoms with Gasteiger partial charge in [0.05, 0.1) is 0 Å². The molecule has 0 aromatic carbocycles. The molecule has 0 aliphatic carbocycles. The van der Waals surface area contributed by atoms with E-state index in [1.165, 1.54) is 6.26 Å². The van der Waals surface area contributed by atoms with Crippen LogP contribution in [-0.2, 0) is 9.47 Å². The molecule has 0 saturated heterocycles. The van der Waals surface area contributed by atoms with Crippen LogP contribution in [0.2, 0.25) is 0 Å². The van der Waals surface area contributed by atoms with Gasteiger partial charge < -0.3 is 9.47 Å². The SMILES string of the molecule is CC(C)(C)O/C=C(\Cl)OC(C)(C)C. The third kappa shape index (κ3) is 9.54. The van der Waals surface area contributed by atoms with Gasteiger partial charge in [0.15, 0.2) is 0 Å². The third-order valence-corrected chi connectivity index (χ3v) is 1.08. The molecule has 0 atom stereocenters. The summed E-state index contributed by atoms with van der Waals surface area (Å²) in [6.45, 7) is 11.6. The highest BCUT2D eigenvalue weighted by Crippen LogP contribution is 2.18. The van der Waals surface area contributed by atoms with Crippen LogP contribution in [0.25, 0.3) is 0 Å². The van der Waals surface area contributed by atoms with Crippen LogP contribution in [0.3, 0.4) is 0 Å². The van der Waals surface area contributed by atoms with Crippen LogP contribution >= 0.6 is 11.6 Å². The Morgan fingerprint density at radius 1 is 1.00 bits per heavy atom. The average molecular weight is 207 g/mol. The summed E-state index contributed by atoms with van der Waals surface area (Å²) in [5.74, 6) is 0. The van der Waals surface area contributed by atoms with Gasteiger partial charge in [-0.25, -0.2) is 0 Å². The Balaban J connectivity index is 4.05. The molecule has 0 amide bonds. The van der Waals surface area contributed by atoms with E-state index in [9.17, 15) is 0 Å². The number of halogens is 1. The second-order valence-corrected chi connectivity index (χ2v) is 5.24. The van der Waals surface area contributed by atoms with Gasteiger partial charge in [-0.3, -0.25) is 0 Å². The van der Waals surface area contributed by atoms with E-state index >= 15 is 0 Å². The molecule has 0 heterocycles. The Labute approximate surface area is 85.9 Å². The summed E-state index contributed by atoms with van der Waals surface area (Å²) in [6.07, 6.45) is 1.44. The van der Waals surface area contributed by atoms with E-state index in [2.05, 4.69) is 0 Å². The first-order valence-electron chi connectivity index (χ1n) is 4.33. The second kappa shape index (κ2) is 4.23. The molecule has 0 aromatic rings. The molecular weight excluding hydrogens is 188 g/mol. The van der Waals surface area contributed by atoms with Crippen LogP contribution in [0.5, 0.6) is 0 Å². The highest BCUT2D eigenvalue weighted by Gasteiger charge is 2.14. The zero-order chi connectivity index (χ0) is 10.7. The van der Waals surface area contributed by atoms with Crippen LogP contribution in [0.1, 0.15) is 41.5 Å². The molecule has 0 rings (SSSR count). The minimum absolute atomic E-state index is 0.235. The summed E-state index contributed by atoms with van der Waals surface area (Å²) in [5, 5.41) is 0.280. The summed E-state index contributed by atoms with van der Waals surface area (Å²) in [5.41, 5.74) is -0.518. The molecule has 0 unspecified atom stereocenters. The van der Waals surface area contributed by atoms with Crippen LogP contribution < -0.4 is 0 Å². The zero-order valence-electron chi connectivity index (χ0n) is 9.27. The largest absolute Gasteiger partial charge is 0.491 e. The first kappa shape index (κ1) is 12.6. The minimum Gasteiger partial charge on any atom is -0.491 e. The Morgan fingerprint density at radius 2 is 1.46 bits per heavy atom. The van der Waals surface area contributed by atoms with Crippen molar-refractivity contribution in [3.8, 4) is 0 Å². The van der Waals surface area contributed by atoms with Crippen molar-refractivity contribution in [1.82, 2.24) is 0 Å². The lowest BCUT2D eigenvalue weighted by Crippen LogP contribution is -2.19. The summed E-state index contributed by atoms with van der Waals surface area (Å²) in [7, 11) is 0. The third-order valence-electron chi connectivity index (χ3n) is 0.909. The molecule has 13 heavy (non-hydrogen) atoms. The van der Waals surface area contributed by atoms with Crippen molar-refractivity contribution in [2.24, 2.45) is 0 Å². The molecule has 0 N–H and O–H groups in total. The van der Waals surface area contributed by atoms with Crippen LogP contribution in [0.15, 0.2) is 11.5 Å². The molecular formula is C10H19ClO2. The lowest BCUT2D eigenvalue weighted by atomic mass is 10.2. The van der Waals surface area contributed by atoms with Crippen molar-refractivity contribution in [2.75, 3.05) is 0 Å². The zero-order valence-corrected chi connectivity index (χ0v) is 10.0. The highest BCUT2D eigenvalue weighted by atomic mass is 35.5. The molecule has 0 radical (unpaired) electrons. The topological polar surface area (TPSA) is 18.5 Å². The van der Waals surface area contributed by atoms with Crippen molar-refractivity contribution >= 4 is 11.6 Å². The average Bonchev–Trinajstić information content (AvgIpc) is 1.78. The molecule has 78 valence electrons. The molecule has 0 aromatic heterocycles. The summed E-state index contributed by atoms with van der Waals surface area (Å²) in [4.78, 5) is 0. The maximum absolute atomic E-state index is 5.79. The standard InChI is InChI=1S/C10H19ClO2/c1-9(2,3)12-7-8(11)13-10(4,5)6/h7H,1-6H3/b8-7+. The lowest BCUT2D eigenvalue weighted by Gasteiger charge is -2.22. The van der Waals surface area contributed by atoms with Crippen molar-refractivity contribution in [1.29, 1.82) is 0 Å². The molecule has 0 spiro atoms. The van der Waals surface area contributed by atoms with E-state index in [1.807, 2.05) is 41.5 Å². The van der Waals surface area contributed by atoms with Gasteiger partial charge in [0, 0.05) is 0 Å². The van der Waals surface area contributed by atoms with Crippen molar-refractivity contribution in [2.45, 2.75) is 52.7 Å². The van der Waals surface area contributed by atoms with E-state index in [1.54, 1.807) is 0 Å².